The molecule has 24 heavy (non-hydrogen) atoms. The number of H-pyrrole nitrogens is 1. The second-order valence-electron chi connectivity index (χ2n) is 5.16. The van der Waals surface area contributed by atoms with Crippen molar-refractivity contribution in [1.82, 2.24) is 4.98 Å². The first-order valence-electron chi connectivity index (χ1n) is 6.83. The molecule has 1 unspecified atom stereocenters. The largest absolute Gasteiger partial charge is 0.418 e. The average molecular weight is 379 g/mol. The molecule has 0 aliphatic carbocycles. The van der Waals surface area contributed by atoms with Gasteiger partial charge in [-0.15, -0.1) is 11.8 Å². The number of carbonyl (C=O) groups excluding carboxylic acids is 1. The normalized spacial score (nSPS) is 13.1. The second-order valence-corrected chi connectivity index (χ2v) is 6.77. The molecule has 2 aromatic rings. The molecule has 0 aliphatic heterocycles. The van der Waals surface area contributed by atoms with E-state index in [1.165, 1.54) is 24.8 Å². The van der Waals surface area contributed by atoms with Gasteiger partial charge in [0.1, 0.15) is 5.56 Å². The lowest BCUT2D eigenvalue weighted by Crippen LogP contribution is -2.23. The van der Waals surface area contributed by atoms with Crippen LogP contribution in [0, 0.1) is 0 Å². The highest BCUT2D eigenvalue weighted by Gasteiger charge is 2.34. The van der Waals surface area contributed by atoms with Crippen LogP contribution in [0.1, 0.15) is 29.8 Å². The summed E-state index contributed by atoms with van der Waals surface area (Å²) in [4.78, 5) is 26.2. The zero-order valence-corrected chi connectivity index (χ0v) is 14.5. The van der Waals surface area contributed by atoms with Gasteiger partial charge >= 0.3 is 6.18 Å². The van der Waals surface area contributed by atoms with Crippen molar-refractivity contribution in [1.29, 1.82) is 0 Å². The van der Waals surface area contributed by atoms with Gasteiger partial charge in [-0.2, -0.15) is 13.2 Å². The fourth-order valence-electron chi connectivity index (χ4n) is 2.33. The number of aromatic nitrogens is 1. The Kier molecular flexibility index (Phi) is 5.19. The van der Waals surface area contributed by atoms with Gasteiger partial charge in [0.25, 0.3) is 5.56 Å². The average Bonchev–Trinajstić information content (AvgIpc) is 2.45. The number of Topliss-reactive ketones (excluding diaryl/α,β-unsaturated/α-hetero) is 1. The molecule has 0 amide bonds. The highest BCUT2D eigenvalue weighted by molar-refractivity contribution is 7.99. The van der Waals surface area contributed by atoms with Gasteiger partial charge in [-0.3, -0.25) is 9.59 Å². The van der Waals surface area contributed by atoms with E-state index in [2.05, 4.69) is 10.3 Å². The molecule has 1 aromatic heterocycles. The maximum absolute atomic E-state index is 13.3. The van der Waals surface area contributed by atoms with Crippen molar-refractivity contribution in [3.05, 3.63) is 38.6 Å². The lowest BCUT2D eigenvalue weighted by molar-refractivity contribution is -0.136. The summed E-state index contributed by atoms with van der Waals surface area (Å²) in [6.45, 7) is 2.94. The molecule has 9 heteroatoms. The van der Waals surface area contributed by atoms with Crippen LogP contribution in [0.5, 0.6) is 0 Å². The van der Waals surface area contributed by atoms with Crippen LogP contribution in [0.2, 0.25) is 5.02 Å². The third kappa shape index (κ3) is 3.54. The predicted molar refractivity (Wildman–Crippen MR) is 91.2 cm³/mol. The third-order valence-electron chi connectivity index (χ3n) is 3.45. The minimum Gasteiger partial charge on any atom is -0.372 e. The fourth-order valence-corrected chi connectivity index (χ4v) is 2.79. The Morgan fingerprint density at radius 2 is 2.00 bits per heavy atom. The molecule has 1 aromatic carbocycles. The summed E-state index contributed by atoms with van der Waals surface area (Å²) in [6, 6.07) is 2.04. The molecular formula is C15H14ClF3N2O2S. The molecule has 0 radical (unpaired) electrons. The van der Waals surface area contributed by atoms with Crippen LogP contribution in [0.4, 0.5) is 18.9 Å². The fraction of sp³-hybridized carbons (Fsp3) is 0.333. The topological polar surface area (TPSA) is 62.0 Å². The summed E-state index contributed by atoms with van der Waals surface area (Å²) in [6.07, 6.45) is -2.92. The molecule has 1 heterocycles. The minimum absolute atomic E-state index is 0.0422. The van der Waals surface area contributed by atoms with Crippen LogP contribution in [0.25, 0.3) is 10.9 Å². The number of pyridine rings is 1. The van der Waals surface area contributed by atoms with Crippen molar-refractivity contribution < 1.29 is 18.0 Å². The van der Waals surface area contributed by atoms with E-state index in [1.807, 2.05) is 0 Å². The van der Waals surface area contributed by atoms with Crippen LogP contribution in [0.15, 0.2) is 16.9 Å². The number of hydrogen-bond acceptors (Lipinski definition) is 4. The summed E-state index contributed by atoms with van der Waals surface area (Å²) >= 11 is 7.21. The number of carbonyl (C=O) groups is 1. The van der Waals surface area contributed by atoms with Gasteiger partial charge in [0, 0.05) is 10.4 Å². The Morgan fingerprint density at radius 3 is 2.50 bits per heavy atom. The summed E-state index contributed by atoms with van der Waals surface area (Å²) in [5.74, 6) is -0.553. The summed E-state index contributed by atoms with van der Waals surface area (Å²) in [5, 5.41) is 2.59. The van der Waals surface area contributed by atoms with Crippen LogP contribution in [-0.2, 0) is 6.18 Å². The van der Waals surface area contributed by atoms with E-state index in [0.717, 1.165) is 6.07 Å². The van der Waals surface area contributed by atoms with E-state index in [-0.39, 0.29) is 27.0 Å². The van der Waals surface area contributed by atoms with Crippen LogP contribution >= 0.6 is 23.4 Å². The molecule has 0 aliphatic rings. The van der Waals surface area contributed by atoms with Gasteiger partial charge in [-0.1, -0.05) is 11.6 Å². The summed E-state index contributed by atoms with van der Waals surface area (Å²) in [5.41, 5.74) is -2.51. The van der Waals surface area contributed by atoms with Crippen molar-refractivity contribution >= 4 is 45.7 Å². The molecule has 0 saturated heterocycles. The Balaban J connectivity index is 2.97. The van der Waals surface area contributed by atoms with Crippen molar-refractivity contribution in [3.8, 4) is 0 Å². The Bertz CT molecular complexity index is 864. The SMILES string of the molecule is CSC(C)Nc1c(C(C)=O)c(=O)[nH]c2c(C(F)(F)F)cc(Cl)cc12. The number of ketones is 1. The molecule has 130 valence electrons. The highest BCUT2D eigenvalue weighted by atomic mass is 35.5. The first-order valence-corrected chi connectivity index (χ1v) is 8.49. The Labute approximate surface area is 144 Å². The first-order chi connectivity index (χ1) is 11.1. The number of thioether (sulfide) groups is 1. The van der Waals surface area contributed by atoms with Crippen molar-refractivity contribution in [3.63, 3.8) is 0 Å². The van der Waals surface area contributed by atoms with E-state index in [1.54, 1.807) is 13.2 Å². The van der Waals surface area contributed by atoms with Gasteiger partial charge < -0.3 is 10.3 Å². The van der Waals surface area contributed by atoms with E-state index in [9.17, 15) is 22.8 Å². The Morgan fingerprint density at radius 1 is 1.38 bits per heavy atom. The minimum atomic E-state index is -4.70. The van der Waals surface area contributed by atoms with Crippen LogP contribution in [-0.4, -0.2) is 22.4 Å². The van der Waals surface area contributed by atoms with Gasteiger partial charge in [-0.25, -0.2) is 0 Å². The van der Waals surface area contributed by atoms with Crippen molar-refractivity contribution in [2.75, 3.05) is 11.6 Å². The van der Waals surface area contributed by atoms with Crippen LogP contribution in [0.3, 0.4) is 0 Å². The third-order valence-corrected chi connectivity index (χ3v) is 4.49. The number of fused-ring (bicyclic) bond motifs is 1. The van der Waals surface area contributed by atoms with E-state index >= 15 is 0 Å². The maximum atomic E-state index is 13.3. The van der Waals surface area contributed by atoms with Gasteiger partial charge in [0.05, 0.1) is 22.1 Å². The quantitative estimate of drug-likeness (QED) is 0.606. The monoisotopic (exact) mass is 378 g/mol. The second kappa shape index (κ2) is 6.68. The summed E-state index contributed by atoms with van der Waals surface area (Å²) < 4.78 is 39.8. The first kappa shape index (κ1) is 18.7. The number of aromatic amines is 1. The van der Waals surface area contributed by atoms with Gasteiger partial charge in [0.2, 0.25) is 0 Å². The molecule has 0 spiro atoms. The predicted octanol–water partition coefficient (Wildman–Crippen LogP) is 4.52. The molecule has 4 nitrogen and oxygen atoms in total. The highest BCUT2D eigenvalue weighted by Crippen LogP contribution is 2.38. The number of rotatable bonds is 4. The molecule has 2 rings (SSSR count). The maximum Gasteiger partial charge on any atom is 0.418 e. The zero-order chi connectivity index (χ0) is 18.2. The lowest BCUT2D eigenvalue weighted by atomic mass is 10.0. The molecule has 0 saturated carbocycles. The molecular weight excluding hydrogens is 365 g/mol. The number of benzene rings is 1. The van der Waals surface area contributed by atoms with Gasteiger partial charge in [-0.05, 0) is 32.2 Å². The Hall–Kier alpha value is -1.67. The molecule has 1 atom stereocenters. The van der Waals surface area contributed by atoms with Crippen molar-refractivity contribution in [2.45, 2.75) is 25.4 Å². The van der Waals surface area contributed by atoms with E-state index in [0.29, 0.717) is 0 Å². The number of hydrogen-bond donors (Lipinski definition) is 2. The molecule has 0 fully saturated rings. The number of halogens is 4. The lowest BCUT2D eigenvalue weighted by Gasteiger charge is -2.19. The van der Waals surface area contributed by atoms with E-state index < -0.39 is 28.6 Å². The molecule has 0 bridgehead atoms. The number of alkyl halides is 3. The smallest absolute Gasteiger partial charge is 0.372 e. The van der Waals surface area contributed by atoms with Crippen LogP contribution < -0.4 is 10.9 Å². The number of anilines is 1. The van der Waals surface area contributed by atoms with Gasteiger partial charge in [0.15, 0.2) is 5.78 Å². The van der Waals surface area contributed by atoms with Crippen molar-refractivity contribution in [2.24, 2.45) is 0 Å². The number of nitrogens with one attached hydrogen (secondary N) is 2. The zero-order valence-electron chi connectivity index (χ0n) is 13.0. The standard InChI is InChI=1S/C15H14ClF3N2O2S/c1-6(22)11-13(20-7(2)24-3)9-4-8(16)5-10(15(17,18)19)12(9)21-14(11)23/h4-5,7H,1-3H3,(H2,20,21,23). The molecule has 2 N–H and O–H groups in total. The summed E-state index contributed by atoms with van der Waals surface area (Å²) in [7, 11) is 0. The van der Waals surface area contributed by atoms with E-state index in [4.69, 9.17) is 11.6 Å².